The highest BCUT2D eigenvalue weighted by Crippen LogP contribution is 2.38. The summed E-state index contributed by atoms with van der Waals surface area (Å²) in [4.78, 5) is 13.4. The van der Waals surface area contributed by atoms with Crippen LogP contribution in [0.2, 0.25) is 0 Å². The molecule has 3 aromatic rings. The second-order valence-electron chi connectivity index (χ2n) is 7.93. The Morgan fingerprint density at radius 1 is 1.07 bits per heavy atom. The van der Waals surface area contributed by atoms with Crippen LogP contribution in [0, 0.1) is 20.8 Å². The van der Waals surface area contributed by atoms with Gasteiger partial charge >= 0.3 is 0 Å². The SMILES string of the molecule is CCCN(CCOC)c1nc(C)c(-c2c(C)nc3c(C(CC)CC)cc(C)nn23)s1. The first-order chi connectivity index (χ1) is 14.4. The number of hydrogen-bond donors (Lipinski definition) is 0. The first-order valence-corrected chi connectivity index (χ1v) is 11.8. The van der Waals surface area contributed by atoms with Crippen LogP contribution < -0.4 is 4.90 Å². The third-order valence-electron chi connectivity index (χ3n) is 5.66. The molecule has 0 aliphatic heterocycles. The summed E-state index contributed by atoms with van der Waals surface area (Å²) < 4.78 is 7.36. The van der Waals surface area contributed by atoms with E-state index in [0.717, 1.165) is 70.8 Å². The normalized spacial score (nSPS) is 11.7. The van der Waals surface area contributed by atoms with Crippen molar-refractivity contribution in [1.82, 2.24) is 19.6 Å². The fraction of sp³-hybridized carbons (Fsp3) is 0.609. The number of methoxy groups -OCH3 is 1. The summed E-state index contributed by atoms with van der Waals surface area (Å²) in [6.07, 6.45) is 3.28. The number of fused-ring (bicyclic) bond motifs is 1. The Morgan fingerprint density at radius 2 is 1.80 bits per heavy atom. The molecule has 0 atom stereocenters. The number of nitrogens with zero attached hydrogens (tertiary/aromatic N) is 5. The molecule has 0 amide bonds. The molecule has 6 nitrogen and oxygen atoms in total. The second-order valence-corrected chi connectivity index (χ2v) is 8.90. The molecule has 0 saturated heterocycles. The number of rotatable bonds is 10. The average molecular weight is 430 g/mol. The molecule has 30 heavy (non-hydrogen) atoms. The quantitative estimate of drug-likeness (QED) is 0.423. The van der Waals surface area contributed by atoms with Crippen LogP contribution in [0.3, 0.4) is 0 Å². The maximum Gasteiger partial charge on any atom is 0.186 e. The van der Waals surface area contributed by atoms with Gasteiger partial charge in [0.15, 0.2) is 10.8 Å². The summed E-state index contributed by atoms with van der Waals surface area (Å²) in [5.74, 6) is 0.496. The van der Waals surface area contributed by atoms with Crippen molar-refractivity contribution in [3.8, 4) is 10.6 Å². The van der Waals surface area contributed by atoms with Crippen LogP contribution in [0.25, 0.3) is 16.2 Å². The van der Waals surface area contributed by atoms with Gasteiger partial charge in [-0.15, -0.1) is 0 Å². The zero-order valence-electron chi connectivity index (χ0n) is 19.4. The number of imidazole rings is 1. The molecule has 0 fully saturated rings. The van der Waals surface area contributed by atoms with Crippen molar-refractivity contribution < 1.29 is 4.74 Å². The lowest BCUT2D eigenvalue weighted by Crippen LogP contribution is -2.27. The van der Waals surface area contributed by atoms with Gasteiger partial charge in [0, 0.05) is 25.8 Å². The number of ether oxygens (including phenoxy) is 1. The minimum absolute atomic E-state index is 0.496. The van der Waals surface area contributed by atoms with Crippen LogP contribution in [-0.2, 0) is 4.74 Å². The monoisotopic (exact) mass is 429 g/mol. The summed E-state index contributed by atoms with van der Waals surface area (Å²) >= 11 is 1.73. The topological polar surface area (TPSA) is 55.5 Å². The lowest BCUT2D eigenvalue weighted by molar-refractivity contribution is 0.205. The average Bonchev–Trinajstić information content (AvgIpc) is 3.24. The van der Waals surface area contributed by atoms with E-state index in [1.54, 1.807) is 18.4 Å². The Balaban J connectivity index is 2.13. The van der Waals surface area contributed by atoms with Gasteiger partial charge in [-0.2, -0.15) is 5.10 Å². The molecule has 0 unspecified atom stereocenters. The highest BCUT2D eigenvalue weighted by molar-refractivity contribution is 7.19. The van der Waals surface area contributed by atoms with Gasteiger partial charge < -0.3 is 9.64 Å². The zero-order valence-corrected chi connectivity index (χ0v) is 20.3. The van der Waals surface area contributed by atoms with E-state index in [4.69, 9.17) is 19.8 Å². The van der Waals surface area contributed by atoms with Crippen LogP contribution in [0.15, 0.2) is 6.07 Å². The molecule has 0 N–H and O–H groups in total. The van der Waals surface area contributed by atoms with Gasteiger partial charge in [-0.3, -0.25) is 0 Å². The summed E-state index contributed by atoms with van der Waals surface area (Å²) in [6.45, 7) is 15.5. The van der Waals surface area contributed by atoms with Crippen LogP contribution in [-0.4, -0.2) is 46.4 Å². The van der Waals surface area contributed by atoms with E-state index in [1.165, 1.54) is 5.56 Å². The van der Waals surface area contributed by atoms with Crippen molar-refractivity contribution in [2.45, 2.75) is 66.7 Å². The number of aromatic nitrogens is 4. The molecule has 0 radical (unpaired) electrons. The van der Waals surface area contributed by atoms with Gasteiger partial charge in [0.2, 0.25) is 0 Å². The number of thiazole rings is 1. The van der Waals surface area contributed by atoms with E-state index in [0.29, 0.717) is 12.5 Å². The summed E-state index contributed by atoms with van der Waals surface area (Å²) in [7, 11) is 1.75. The van der Waals surface area contributed by atoms with Gasteiger partial charge in [0.1, 0.15) is 5.69 Å². The fourth-order valence-corrected chi connectivity index (χ4v) is 5.28. The number of anilines is 1. The molecule has 3 aromatic heterocycles. The third kappa shape index (κ3) is 4.37. The maximum atomic E-state index is 5.31. The largest absolute Gasteiger partial charge is 0.383 e. The number of aryl methyl sites for hydroxylation is 3. The minimum atomic E-state index is 0.496. The Hall–Kier alpha value is -1.99. The van der Waals surface area contributed by atoms with Crippen LogP contribution in [0.4, 0.5) is 5.13 Å². The van der Waals surface area contributed by atoms with Crippen LogP contribution in [0.5, 0.6) is 0 Å². The van der Waals surface area contributed by atoms with Gasteiger partial charge in [-0.05, 0) is 52.0 Å². The molecule has 0 saturated carbocycles. The van der Waals surface area contributed by atoms with Gasteiger partial charge in [0.05, 0.1) is 28.6 Å². The van der Waals surface area contributed by atoms with E-state index in [9.17, 15) is 0 Å². The molecule has 0 aliphatic rings. The van der Waals surface area contributed by atoms with E-state index >= 15 is 0 Å². The molecule has 164 valence electrons. The van der Waals surface area contributed by atoms with Crippen molar-refractivity contribution in [3.05, 3.63) is 28.7 Å². The van der Waals surface area contributed by atoms with Crippen molar-refractivity contribution in [2.24, 2.45) is 0 Å². The van der Waals surface area contributed by atoms with Crippen molar-refractivity contribution in [1.29, 1.82) is 0 Å². The van der Waals surface area contributed by atoms with Crippen LogP contribution >= 0.6 is 11.3 Å². The second kappa shape index (κ2) is 9.88. The molecule has 0 aliphatic carbocycles. The highest BCUT2D eigenvalue weighted by Gasteiger charge is 2.23. The Bertz CT molecular complexity index is 989. The maximum absolute atomic E-state index is 5.31. The molecule has 0 bridgehead atoms. The lowest BCUT2D eigenvalue weighted by Gasteiger charge is -2.20. The first-order valence-electron chi connectivity index (χ1n) is 11.0. The molecule has 0 spiro atoms. The Labute approximate surface area is 184 Å². The Morgan fingerprint density at radius 3 is 2.43 bits per heavy atom. The summed E-state index contributed by atoms with van der Waals surface area (Å²) in [5.41, 5.74) is 6.43. The van der Waals surface area contributed by atoms with Gasteiger partial charge in [-0.1, -0.05) is 32.1 Å². The minimum Gasteiger partial charge on any atom is -0.383 e. The predicted octanol–water partition coefficient (Wildman–Crippen LogP) is 5.54. The van der Waals surface area contributed by atoms with Gasteiger partial charge in [0.25, 0.3) is 0 Å². The van der Waals surface area contributed by atoms with Crippen molar-refractivity contribution >= 4 is 22.1 Å². The van der Waals surface area contributed by atoms with Crippen LogP contribution in [0.1, 0.15) is 68.6 Å². The number of hydrogen-bond acceptors (Lipinski definition) is 6. The smallest absolute Gasteiger partial charge is 0.186 e. The predicted molar refractivity (Wildman–Crippen MR) is 126 cm³/mol. The zero-order chi connectivity index (χ0) is 21.8. The summed E-state index contributed by atoms with van der Waals surface area (Å²) in [5, 5.41) is 5.91. The Kier molecular flexibility index (Phi) is 7.47. The fourth-order valence-electron chi connectivity index (χ4n) is 4.08. The molecule has 3 rings (SSSR count). The molecule has 7 heteroatoms. The standard InChI is InChI=1S/C23H35N5OS/c1-8-11-27(12-13-29-7)23-25-17(6)21(30-23)20-16(5)24-22-19(18(9-2)10-3)14-15(4)26-28(20)22/h14,18H,8-13H2,1-7H3. The van der Waals surface area contributed by atoms with Crippen molar-refractivity contribution in [3.63, 3.8) is 0 Å². The van der Waals surface area contributed by atoms with E-state index in [1.807, 2.05) is 0 Å². The van der Waals surface area contributed by atoms with Crippen molar-refractivity contribution in [2.75, 3.05) is 31.7 Å². The molecule has 3 heterocycles. The van der Waals surface area contributed by atoms with E-state index in [2.05, 4.69) is 57.0 Å². The highest BCUT2D eigenvalue weighted by atomic mass is 32.1. The first kappa shape index (κ1) is 22.7. The third-order valence-corrected chi connectivity index (χ3v) is 6.89. The molecule has 0 aromatic carbocycles. The van der Waals surface area contributed by atoms with E-state index < -0.39 is 0 Å². The van der Waals surface area contributed by atoms with E-state index in [-0.39, 0.29) is 0 Å². The molecular formula is C23H35N5OS. The summed E-state index contributed by atoms with van der Waals surface area (Å²) in [6, 6.07) is 2.21. The van der Waals surface area contributed by atoms with Gasteiger partial charge in [-0.25, -0.2) is 14.5 Å². The lowest BCUT2D eigenvalue weighted by atomic mass is 9.95. The molecular weight excluding hydrogens is 394 g/mol.